The molecule has 0 spiro atoms. The lowest BCUT2D eigenvalue weighted by atomic mass is 9.84. The Balaban J connectivity index is 1.33. The zero-order chi connectivity index (χ0) is 32.0. The van der Waals surface area contributed by atoms with Crippen LogP contribution < -0.4 is 9.80 Å². The van der Waals surface area contributed by atoms with Crippen LogP contribution in [0.1, 0.15) is 28.8 Å². The molecule has 0 radical (unpaired) electrons. The summed E-state index contributed by atoms with van der Waals surface area (Å²) in [6.45, 7) is 1.90. The fourth-order valence-corrected chi connectivity index (χ4v) is 8.24. The number of hydrazine groups is 1. The highest BCUT2D eigenvalue weighted by atomic mass is 79.9. The standard InChI is InChI=1S/C35H25Br2FN4O4/c1-18-4-2-6-24(16-18)39-32(43)26-28(19-8-12-21(36)13-9-19)42-31-27(33(44)40(35(31)46)25-7-3-5-23(38)17-25)29(41(42)30(26)34(39)45)20-10-14-22(37)15-11-20/h2-17,26-31H,1H3. The van der Waals surface area contributed by atoms with E-state index in [9.17, 15) is 23.6 Å². The maximum absolute atomic E-state index is 14.5. The van der Waals surface area contributed by atoms with Gasteiger partial charge in [-0.1, -0.05) is 74.3 Å². The predicted molar refractivity (Wildman–Crippen MR) is 175 cm³/mol. The molecule has 0 saturated carbocycles. The Morgan fingerprint density at radius 2 is 0.978 bits per heavy atom. The van der Waals surface area contributed by atoms with Crippen molar-refractivity contribution in [1.29, 1.82) is 0 Å². The Morgan fingerprint density at radius 1 is 0.543 bits per heavy atom. The number of rotatable bonds is 4. The average molecular weight is 744 g/mol. The lowest BCUT2D eigenvalue weighted by Gasteiger charge is -2.35. The smallest absolute Gasteiger partial charge is 0.253 e. The van der Waals surface area contributed by atoms with Gasteiger partial charge >= 0.3 is 0 Å². The van der Waals surface area contributed by atoms with Gasteiger partial charge in [-0.3, -0.25) is 19.2 Å². The Morgan fingerprint density at radius 3 is 1.41 bits per heavy atom. The van der Waals surface area contributed by atoms with Crippen molar-refractivity contribution >= 4 is 66.9 Å². The number of amides is 4. The third kappa shape index (κ3) is 4.22. The summed E-state index contributed by atoms with van der Waals surface area (Å²) in [5, 5.41) is 3.63. The van der Waals surface area contributed by atoms with Crippen LogP contribution in [0, 0.1) is 24.6 Å². The van der Waals surface area contributed by atoms with Crippen molar-refractivity contribution in [3.63, 3.8) is 0 Å². The van der Waals surface area contributed by atoms with Crippen LogP contribution in [0.3, 0.4) is 0 Å². The summed E-state index contributed by atoms with van der Waals surface area (Å²) in [5.74, 6) is -4.14. The fraction of sp³-hybridized carbons (Fsp3) is 0.200. The largest absolute Gasteiger partial charge is 0.274 e. The topological polar surface area (TPSA) is 81.2 Å². The van der Waals surface area contributed by atoms with Gasteiger partial charge in [0, 0.05) is 8.95 Å². The Bertz CT molecular complexity index is 1810. The molecule has 8 rings (SSSR count). The molecule has 4 amide bonds. The van der Waals surface area contributed by atoms with Gasteiger partial charge in [-0.25, -0.2) is 24.2 Å². The first-order valence-corrected chi connectivity index (χ1v) is 16.4. The quantitative estimate of drug-likeness (QED) is 0.235. The molecular weight excluding hydrogens is 719 g/mol. The van der Waals surface area contributed by atoms with Gasteiger partial charge in [0.1, 0.15) is 17.9 Å². The number of hydrogen-bond donors (Lipinski definition) is 0. The van der Waals surface area contributed by atoms with E-state index < -0.39 is 59.5 Å². The second-order valence-corrected chi connectivity index (χ2v) is 13.9. The maximum Gasteiger partial charge on any atom is 0.253 e. The fourth-order valence-electron chi connectivity index (χ4n) is 7.71. The van der Waals surface area contributed by atoms with E-state index in [2.05, 4.69) is 31.9 Å². The SMILES string of the molecule is Cc1cccc(N2C(=O)C3C(C2=O)N2C(c4ccc(Br)cc4)C4C(=O)N(c5cccc(F)c5)C(=O)C4N2C3c2ccc(Br)cc2)c1. The molecule has 4 aromatic rings. The van der Waals surface area contributed by atoms with Crippen LogP contribution in [0.4, 0.5) is 15.8 Å². The second kappa shape index (κ2) is 10.8. The molecule has 4 fully saturated rings. The molecule has 4 saturated heterocycles. The third-order valence-corrected chi connectivity index (χ3v) is 10.5. The molecule has 0 aliphatic carbocycles. The molecule has 4 aromatic carbocycles. The van der Waals surface area contributed by atoms with Gasteiger partial charge in [0.15, 0.2) is 0 Å². The number of carbonyl (C=O) groups excluding carboxylic acids is 4. The molecular formula is C35H25Br2FN4O4. The van der Waals surface area contributed by atoms with Gasteiger partial charge in [0.2, 0.25) is 11.8 Å². The van der Waals surface area contributed by atoms with Crippen LogP contribution in [0.15, 0.2) is 106 Å². The van der Waals surface area contributed by atoms with Gasteiger partial charge in [0.05, 0.1) is 35.3 Å². The number of aryl methyl sites for hydroxylation is 1. The summed E-state index contributed by atoms with van der Waals surface area (Å²) in [7, 11) is 0. The molecule has 6 atom stereocenters. The summed E-state index contributed by atoms with van der Waals surface area (Å²) in [5.41, 5.74) is 2.97. The van der Waals surface area contributed by atoms with Gasteiger partial charge in [-0.05, 0) is 78.2 Å². The highest BCUT2D eigenvalue weighted by Crippen LogP contribution is 2.59. The van der Waals surface area contributed by atoms with Crippen molar-refractivity contribution in [2.45, 2.75) is 31.1 Å². The van der Waals surface area contributed by atoms with E-state index in [1.165, 1.54) is 29.2 Å². The van der Waals surface area contributed by atoms with E-state index in [0.29, 0.717) is 11.3 Å². The number of hydrogen-bond acceptors (Lipinski definition) is 6. The van der Waals surface area contributed by atoms with Crippen molar-refractivity contribution in [2.75, 3.05) is 9.80 Å². The molecule has 0 N–H and O–H groups in total. The van der Waals surface area contributed by atoms with E-state index in [1.54, 1.807) is 23.2 Å². The number of fused-ring (bicyclic) bond motifs is 5. The molecule has 4 aliphatic rings. The molecule has 0 bridgehead atoms. The maximum atomic E-state index is 14.5. The Labute approximate surface area is 280 Å². The normalized spacial score (nSPS) is 27.5. The van der Waals surface area contributed by atoms with Crippen molar-refractivity contribution in [2.24, 2.45) is 11.8 Å². The molecule has 4 aliphatic heterocycles. The molecule has 4 heterocycles. The van der Waals surface area contributed by atoms with Crippen LogP contribution in [-0.2, 0) is 19.2 Å². The van der Waals surface area contributed by atoms with Gasteiger partial charge in [0.25, 0.3) is 11.8 Å². The zero-order valence-corrected chi connectivity index (χ0v) is 27.4. The Hall–Kier alpha value is -4.03. The molecule has 230 valence electrons. The van der Waals surface area contributed by atoms with Gasteiger partial charge in [-0.15, -0.1) is 0 Å². The molecule has 6 unspecified atom stereocenters. The van der Waals surface area contributed by atoms with E-state index in [-0.39, 0.29) is 11.6 Å². The third-order valence-electron chi connectivity index (χ3n) is 9.47. The highest BCUT2D eigenvalue weighted by Gasteiger charge is 2.73. The van der Waals surface area contributed by atoms with Crippen molar-refractivity contribution in [3.05, 3.63) is 129 Å². The number of carbonyl (C=O) groups is 4. The van der Waals surface area contributed by atoms with Crippen LogP contribution in [0.2, 0.25) is 0 Å². The van der Waals surface area contributed by atoms with Gasteiger partial charge < -0.3 is 0 Å². The van der Waals surface area contributed by atoms with Crippen LogP contribution in [0.25, 0.3) is 0 Å². The number of anilines is 2. The summed E-state index contributed by atoms with van der Waals surface area (Å²) >= 11 is 6.98. The first-order chi connectivity index (χ1) is 22.2. The zero-order valence-electron chi connectivity index (χ0n) is 24.3. The summed E-state index contributed by atoms with van der Waals surface area (Å²) < 4.78 is 16.0. The first kappa shape index (κ1) is 29.4. The number of imide groups is 2. The molecule has 11 heteroatoms. The van der Waals surface area contributed by atoms with Crippen LogP contribution >= 0.6 is 31.9 Å². The highest BCUT2D eigenvalue weighted by molar-refractivity contribution is 9.10. The van der Waals surface area contributed by atoms with E-state index in [0.717, 1.165) is 25.0 Å². The van der Waals surface area contributed by atoms with Crippen molar-refractivity contribution in [3.8, 4) is 0 Å². The van der Waals surface area contributed by atoms with E-state index in [1.807, 2.05) is 66.5 Å². The number of halogens is 3. The monoisotopic (exact) mass is 742 g/mol. The minimum atomic E-state index is -1.03. The molecule has 8 nitrogen and oxygen atoms in total. The average Bonchev–Trinajstić information content (AvgIpc) is 3.69. The number of benzene rings is 4. The van der Waals surface area contributed by atoms with Crippen molar-refractivity contribution < 1.29 is 23.6 Å². The van der Waals surface area contributed by atoms with Crippen molar-refractivity contribution in [1.82, 2.24) is 10.0 Å². The minimum absolute atomic E-state index is 0.142. The molecule has 0 aromatic heterocycles. The van der Waals surface area contributed by atoms with Gasteiger partial charge in [-0.2, -0.15) is 0 Å². The summed E-state index contributed by atoms with van der Waals surface area (Å²) in [6.07, 6.45) is 0. The summed E-state index contributed by atoms with van der Waals surface area (Å²) in [4.78, 5) is 60.1. The van der Waals surface area contributed by atoms with E-state index in [4.69, 9.17) is 0 Å². The minimum Gasteiger partial charge on any atom is -0.274 e. The second-order valence-electron chi connectivity index (χ2n) is 12.0. The Kier molecular flexibility index (Phi) is 6.88. The van der Waals surface area contributed by atoms with E-state index >= 15 is 0 Å². The summed E-state index contributed by atoms with van der Waals surface area (Å²) in [6, 6.07) is 24.0. The number of nitrogens with zero attached hydrogens (tertiary/aromatic N) is 4. The first-order valence-electron chi connectivity index (χ1n) is 14.8. The van der Waals surface area contributed by atoms with Crippen LogP contribution in [-0.4, -0.2) is 45.7 Å². The predicted octanol–water partition coefficient (Wildman–Crippen LogP) is 6.10. The van der Waals surface area contributed by atoms with Crippen LogP contribution in [0.5, 0.6) is 0 Å². The molecule has 46 heavy (non-hydrogen) atoms. The lowest BCUT2D eigenvalue weighted by Crippen LogP contribution is -2.50. The lowest BCUT2D eigenvalue weighted by molar-refractivity contribution is -0.136.